The number of carbonyl (C=O) groups is 3. The van der Waals surface area contributed by atoms with Crippen molar-refractivity contribution in [1.82, 2.24) is 4.90 Å². The van der Waals surface area contributed by atoms with Gasteiger partial charge in [0.05, 0.1) is 18.7 Å². The molecule has 1 fully saturated rings. The molecule has 1 heterocycles. The van der Waals surface area contributed by atoms with Gasteiger partial charge in [0.25, 0.3) is 11.8 Å². The second-order valence-corrected chi connectivity index (χ2v) is 7.09. The number of anilines is 2. The van der Waals surface area contributed by atoms with Crippen LogP contribution in [-0.4, -0.2) is 49.4 Å². The van der Waals surface area contributed by atoms with Gasteiger partial charge in [-0.15, -0.1) is 0 Å². The summed E-state index contributed by atoms with van der Waals surface area (Å²) in [4.78, 5) is 39.9. The first kappa shape index (κ1) is 20.4. The van der Waals surface area contributed by atoms with Gasteiger partial charge in [-0.05, 0) is 55.0 Å². The van der Waals surface area contributed by atoms with Crippen molar-refractivity contribution in [2.45, 2.75) is 25.8 Å². The van der Waals surface area contributed by atoms with Gasteiger partial charge < -0.3 is 15.0 Å². The molecular formula is C22H25N3O4. The molecule has 0 radical (unpaired) electrons. The standard InChI is InChI=1S/C22H25N3O4/c1-4-13-29-18-11-9-17(10-12-18)25-20(26)14-19(22(25)28)23-16-7-5-15(6-8-16)21(27)24(2)3/h5-12,19,23H,4,13-14H2,1-3H3/t19-/m0/s1. The lowest BCUT2D eigenvalue weighted by Gasteiger charge is -2.17. The fourth-order valence-electron chi connectivity index (χ4n) is 3.10. The van der Waals surface area contributed by atoms with Crippen molar-refractivity contribution in [3.05, 3.63) is 54.1 Å². The average Bonchev–Trinajstić information content (AvgIpc) is 3.00. The lowest BCUT2D eigenvalue weighted by Crippen LogP contribution is -2.34. The highest BCUT2D eigenvalue weighted by molar-refractivity contribution is 6.23. The summed E-state index contributed by atoms with van der Waals surface area (Å²) in [5, 5.41) is 3.09. The summed E-state index contributed by atoms with van der Waals surface area (Å²) in [5.41, 5.74) is 1.76. The molecule has 0 bridgehead atoms. The second kappa shape index (κ2) is 8.77. The second-order valence-electron chi connectivity index (χ2n) is 7.09. The first-order valence-electron chi connectivity index (χ1n) is 9.58. The zero-order valence-corrected chi connectivity index (χ0v) is 16.8. The Morgan fingerprint density at radius 1 is 1.10 bits per heavy atom. The van der Waals surface area contributed by atoms with Crippen LogP contribution in [-0.2, 0) is 9.59 Å². The van der Waals surface area contributed by atoms with Crippen LogP contribution < -0.4 is 15.0 Å². The van der Waals surface area contributed by atoms with E-state index in [0.717, 1.165) is 6.42 Å². The van der Waals surface area contributed by atoms with Crippen LogP contribution in [0, 0.1) is 0 Å². The summed E-state index contributed by atoms with van der Waals surface area (Å²) in [6, 6.07) is 13.1. The summed E-state index contributed by atoms with van der Waals surface area (Å²) >= 11 is 0. The van der Waals surface area contributed by atoms with Crippen molar-refractivity contribution < 1.29 is 19.1 Å². The van der Waals surface area contributed by atoms with Crippen molar-refractivity contribution >= 4 is 29.1 Å². The Morgan fingerprint density at radius 2 is 1.76 bits per heavy atom. The quantitative estimate of drug-likeness (QED) is 0.730. The SMILES string of the molecule is CCCOc1ccc(N2C(=O)C[C@H](Nc3ccc(C(=O)N(C)C)cc3)C2=O)cc1. The zero-order valence-electron chi connectivity index (χ0n) is 16.8. The largest absolute Gasteiger partial charge is 0.494 e. The summed E-state index contributed by atoms with van der Waals surface area (Å²) in [6.07, 6.45) is 0.980. The maximum atomic E-state index is 12.8. The van der Waals surface area contributed by atoms with Crippen LogP contribution in [0.4, 0.5) is 11.4 Å². The first-order valence-corrected chi connectivity index (χ1v) is 9.58. The predicted molar refractivity (Wildman–Crippen MR) is 111 cm³/mol. The van der Waals surface area contributed by atoms with Crippen molar-refractivity contribution in [2.24, 2.45) is 0 Å². The van der Waals surface area contributed by atoms with Gasteiger partial charge >= 0.3 is 0 Å². The molecule has 0 aliphatic carbocycles. The summed E-state index contributed by atoms with van der Waals surface area (Å²) in [7, 11) is 3.38. The lowest BCUT2D eigenvalue weighted by molar-refractivity contribution is -0.121. The van der Waals surface area contributed by atoms with E-state index in [0.29, 0.717) is 29.3 Å². The molecule has 29 heavy (non-hydrogen) atoms. The highest BCUT2D eigenvalue weighted by atomic mass is 16.5. The molecule has 2 aromatic rings. The highest BCUT2D eigenvalue weighted by Crippen LogP contribution is 2.27. The van der Waals surface area contributed by atoms with Gasteiger partial charge in [-0.25, -0.2) is 4.90 Å². The van der Waals surface area contributed by atoms with Crippen LogP contribution in [0.2, 0.25) is 0 Å². The topological polar surface area (TPSA) is 79.0 Å². The molecule has 0 saturated carbocycles. The summed E-state index contributed by atoms with van der Waals surface area (Å²) in [5.74, 6) is 0.0535. The van der Waals surface area contributed by atoms with Crippen LogP contribution >= 0.6 is 0 Å². The molecule has 0 unspecified atom stereocenters. The van der Waals surface area contributed by atoms with Crippen LogP contribution in [0.3, 0.4) is 0 Å². The van der Waals surface area contributed by atoms with E-state index in [9.17, 15) is 14.4 Å². The van der Waals surface area contributed by atoms with Crippen molar-refractivity contribution in [3.8, 4) is 5.75 Å². The molecule has 3 rings (SSSR count). The van der Waals surface area contributed by atoms with E-state index in [1.165, 1.54) is 9.80 Å². The fraction of sp³-hybridized carbons (Fsp3) is 0.318. The Labute approximate surface area is 170 Å². The fourth-order valence-corrected chi connectivity index (χ4v) is 3.10. The van der Waals surface area contributed by atoms with Crippen molar-refractivity contribution in [1.29, 1.82) is 0 Å². The van der Waals surface area contributed by atoms with Crippen LogP contribution in [0.15, 0.2) is 48.5 Å². The number of amides is 3. The molecule has 1 aliphatic heterocycles. The molecule has 0 spiro atoms. The number of ether oxygens (including phenoxy) is 1. The first-order chi connectivity index (χ1) is 13.9. The highest BCUT2D eigenvalue weighted by Gasteiger charge is 2.39. The number of rotatable bonds is 7. The molecule has 7 nitrogen and oxygen atoms in total. The van der Waals surface area contributed by atoms with Crippen molar-refractivity contribution in [3.63, 3.8) is 0 Å². The number of imide groups is 1. The maximum Gasteiger partial charge on any atom is 0.256 e. The van der Waals surface area contributed by atoms with E-state index < -0.39 is 6.04 Å². The minimum atomic E-state index is -0.645. The van der Waals surface area contributed by atoms with Gasteiger partial charge in [0, 0.05) is 25.3 Å². The smallest absolute Gasteiger partial charge is 0.256 e. The molecule has 7 heteroatoms. The molecule has 1 aliphatic rings. The van der Waals surface area contributed by atoms with E-state index >= 15 is 0 Å². The average molecular weight is 395 g/mol. The van der Waals surface area contributed by atoms with Gasteiger partial charge in [-0.3, -0.25) is 14.4 Å². The van der Waals surface area contributed by atoms with Crippen LogP contribution in [0.25, 0.3) is 0 Å². The maximum absolute atomic E-state index is 12.8. The number of benzene rings is 2. The van der Waals surface area contributed by atoms with Crippen LogP contribution in [0.5, 0.6) is 5.75 Å². The lowest BCUT2D eigenvalue weighted by atomic mass is 10.1. The Bertz CT molecular complexity index is 891. The molecule has 3 amide bonds. The minimum absolute atomic E-state index is 0.0747. The Hall–Kier alpha value is -3.35. The van der Waals surface area contributed by atoms with Gasteiger partial charge in [0.15, 0.2) is 0 Å². The number of hydrogen-bond donors (Lipinski definition) is 1. The third kappa shape index (κ3) is 4.56. The predicted octanol–water partition coefficient (Wildman–Crippen LogP) is 2.92. The van der Waals surface area contributed by atoms with E-state index in [1.54, 1.807) is 62.6 Å². The van der Waals surface area contributed by atoms with E-state index in [2.05, 4.69) is 5.32 Å². The normalized spacial score (nSPS) is 16.1. The number of nitrogens with one attached hydrogen (secondary N) is 1. The molecule has 1 atom stereocenters. The molecule has 0 aromatic heterocycles. The van der Waals surface area contributed by atoms with Gasteiger partial charge in [0.1, 0.15) is 11.8 Å². The minimum Gasteiger partial charge on any atom is -0.494 e. The Kier molecular flexibility index (Phi) is 6.16. The zero-order chi connectivity index (χ0) is 21.0. The molecule has 1 saturated heterocycles. The van der Waals surface area contributed by atoms with E-state index in [-0.39, 0.29) is 24.1 Å². The third-order valence-electron chi connectivity index (χ3n) is 4.59. The molecular weight excluding hydrogens is 370 g/mol. The third-order valence-corrected chi connectivity index (χ3v) is 4.59. The van der Waals surface area contributed by atoms with Gasteiger partial charge in [-0.2, -0.15) is 0 Å². The summed E-state index contributed by atoms with van der Waals surface area (Å²) in [6.45, 7) is 2.64. The van der Waals surface area contributed by atoms with E-state index in [4.69, 9.17) is 4.74 Å². The Balaban J connectivity index is 1.68. The number of carbonyl (C=O) groups excluding carboxylic acids is 3. The monoisotopic (exact) mass is 395 g/mol. The molecule has 152 valence electrons. The Morgan fingerprint density at radius 3 is 2.34 bits per heavy atom. The van der Waals surface area contributed by atoms with E-state index in [1.807, 2.05) is 6.92 Å². The van der Waals surface area contributed by atoms with Gasteiger partial charge in [-0.1, -0.05) is 6.92 Å². The molecule has 1 N–H and O–H groups in total. The summed E-state index contributed by atoms with van der Waals surface area (Å²) < 4.78 is 5.54. The van der Waals surface area contributed by atoms with Crippen LogP contribution in [0.1, 0.15) is 30.1 Å². The van der Waals surface area contributed by atoms with Gasteiger partial charge in [0.2, 0.25) is 5.91 Å². The van der Waals surface area contributed by atoms with Crippen molar-refractivity contribution in [2.75, 3.05) is 30.9 Å². The molecule has 2 aromatic carbocycles. The number of hydrogen-bond acceptors (Lipinski definition) is 5. The number of nitrogens with zero attached hydrogens (tertiary/aromatic N) is 2.